The van der Waals surface area contributed by atoms with E-state index in [-0.39, 0.29) is 5.91 Å². The first-order valence-corrected chi connectivity index (χ1v) is 8.98. The second kappa shape index (κ2) is 7.59. The topological polar surface area (TPSA) is 58.4 Å². The molecule has 2 N–H and O–H groups in total. The lowest BCUT2D eigenvalue weighted by atomic mass is 10.0. The van der Waals surface area contributed by atoms with E-state index in [0.717, 1.165) is 23.5 Å². The first-order valence-electron chi connectivity index (χ1n) is 8.10. The smallest absolute Gasteiger partial charge is 0.270 e. The molecule has 0 bridgehead atoms. The van der Waals surface area contributed by atoms with Crippen LogP contribution >= 0.6 is 11.3 Å². The second-order valence-electron chi connectivity index (χ2n) is 5.82. The molecule has 2 heterocycles. The maximum atomic E-state index is 12.5. The Labute approximate surface area is 145 Å². The Balaban J connectivity index is 1.56. The van der Waals surface area contributed by atoms with E-state index in [0.29, 0.717) is 18.3 Å². The third kappa shape index (κ3) is 3.66. The van der Waals surface area contributed by atoms with Crippen LogP contribution in [0.5, 0.6) is 0 Å². The minimum Gasteiger partial charge on any atom is -0.351 e. The van der Waals surface area contributed by atoms with Crippen molar-refractivity contribution in [2.45, 2.75) is 25.8 Å². The van der Waals surface area contributed by atoms with Gasteiger partial charge in [0.15, 0.2) is 4.96 Å². The Kier molecular flexibility index (Phi) is 5.27. The molecule has 6 heteroatoms. The number of benzene rings is 1. The molecular weight excluding hydrogens is 320 g/mol. The molecule has 0 spiro atoms. The van der Waals surface area contributed by atoms with Crippen LogP contribution in [0.25, 0.3) is 4.96 Å². The first kappa shape index (κ1) is 16.7. The molecule has 0 aliphatic heterocycles. The van der Waals surface area contributed by atoms with Gasteiger partial charge in [0.1, 0.15) is 5.69 Å². The van der Waals surface area contributed by atoms with Crippen LogP contribution in [0, 0.1) is 6.92 Å². The van der Waals surface area contributed by atoms with Crippen LogP contribution in [0.15, 0.2) is 41.9 Å². The van der Waals surface area contributed by atoms with Gasteiger partial charge in [-0.3, -0.25) is 9.20 Å². The molecule has 5 nitrogen and oxygen atoms in total. The van der Waals surface area contributed by atoms with Crippen molar-refractivity contribution in [2.75, 3.05) is 13.6 Å². The Morgan fingerprint density at radius 2 is 2.12 bits per heavy atom. The van der Waals surface area contributed by atoms with E-state index in [1.54, 1.807) is 0 Å². The van der Waals surface area contributed by atoms with Gasteiger partial charge in [-0.15, -0.1) is 11.3 Å². The molecule has 0 saturated carbocycles. The van der Waals surface area contributed by atoms with E-state index in [1.807, 2.05) is 36.0 Å². The number of likely N-dealkylation sites (N-methyl/N-ethyl adjacent to an activating group) is 1. The largest absolute Gasteiger partial charge is 0.351 e. The van der Waals surface area contributed by atoms with E-state index in [4.69, 9.17) is 0 Å². The van der Waals surface area contributed by atoms with Crippen molar-refractivity contribution in [3.63, 3.8) is 0 Å². The summed E-state index contributed by atoms with van der Waals surface area (Å²) in [6.07, 6.45) is 3.72. The summed E-state index contributed by atoms with van der Waals surface area (Å²) in [6.45, 7) is 2.51. The SMILES string of the molecule is CN[C@H](CCNC(=O)c1c(C)nc2sccn12)Cc1ccccc1. The molecule has 2 aromatic heterocycles. The number of thiazole rings is 1. The van der Waals surface area contributed by atoms with Gasteiger partial charge >= 0.3 is 0 Å². The number of carbonyl (C=O) groups excluding carboxylic acids is 1. The van der Waals surface area contributed by atoms with Crippen molar-refractivity contribution < 1.29 is 4.79 Å². The molecule has 1 aromatic carbocycles. The number of aromatic nitrogens is 2. The zero-order valence-corrected chi connectivity index (χ0v) is 14.8. The predicted octanol–water partition coefficient (Wildman–Crippen LogP) is 2.65. The van der Waals surface area contributed by atoms with Crippen molar-refractivity contribution in [1.82, 2.24) is 20.0 Å². The lowest BCUT2D eigenvalue weighted by molar-refractivity contribution is 0.0945. The Morgan fingerprint density at radius 3 is 2.88 bits per heavy atom. The number of hydrogen-bond acceptors (Lipinski definition) is 4. The summed E-state index contributed by atoms with van der Waals surface area (Å²) in [7, 11) is 1.96. The molecule has 24 heavy (non-hydrogen) atoms. The highest BCUT2D eigenvalue weighted by molar-refractivity contribution is 7.15. The molecule has 0 aliphatic carbocycles. The van der Waals surface area contributed by atoms with Gasteiger partial charge in [0.2, 0.25) is 0 Å². The summed E-state index contributed by atoms with van der Waals surface area (Å²) in [5, 5.41) is 8.29. The number of fused-ring (bicyclic) bond motifs is 1. The molecule has 0 aliphatic rings. The van der Waals surface area contributed by atoms with Gasteiger partial charge in [0.05, 0.1) is 5.69 Å². The van der Waals surface area contributed by atoms with Gasteiger partial charge < -0.3 is 10.6 Å². The van der Waals surface area contributed by atoms with Gasteiger partial charge in [-0.25, -0.2) is 4.98 Å². The van der Waals surface area contributed by atoms with Crippen molar-refractivity contribution in [2.24, 2.45) is 0 Å². The van der Waals surface area contributed by atoms with Gasteiger partial charge in [-0.2, -0.15) is 0 Å². The van der Waals surface area contributed by atoms with Gasteiger partial charge in [0, 0.05) is 24.2 Å². The van der Waals surface area contributed by atoms with E-state index in [9.17, 15) is 4.79 Å². The first-order chi connectivity index (χ1) is 11.7. The van der Waals surface area contributed by atoms with Crippen LogP contribution in [0.2, 0.25) is 0 Å². The third-order valence-electron chi connectivity index (χ3n) is 4.16. The molecule has 0 fully saturated rings. The average molecular weight is 342 g/mol. The summed E-state index contributed by atoms with van der Waals surface area (Å²) >= 11 is 1.54. The summed E-state index contributed by atoms with van der Waals surface area (Å²) in [5.74, 6) is -0.0621. The maximum absolute atomic E-state index is 12.5. The Bertz CT molecular complexity index is 809. The van der Waals surface area contributed by atoms with Crippen LogP contribution in [-0.2, 0) is 6.42 Å². The van der Waals surface area contributed by atoms with Crippen LogP contribution in [0.4, 0.5) is 0 Å². The van der Waals surface area contributed by atoms with Gasteiger partial charge in [0.25, 0.3) is 5.91 Å². The number of nitrogens with zero attached hydrogens (tertiary/aromatic N) is 2. The van der Waals surface area contributed by atoms with E-state index >= 15 is 0 Å². The van der Waals surface area contributed by atoms with Crippen molar-refractivity contribution in [1.29, 1.82) is 0 Å². The monoisotopic (exact) mass is 342 g/mol. The van der Waals surface area contributed by atoms with Crippen molar-refractivity contribution in [3.8, 4) is 0 Å². The fourth-order valence-electron chi connectivity index (χ4n) is 2.86. The van der Waals surface area contributed by atoms with Crippen LogP contribution in [0.1, 0.15) is 28.2 Å². The summed E-state index contributed by atoms with van der Waals surface area (Å²) < 4.78 is 1.86. The second-order valence-corrected chi connectivity index (χ2v) is 6.69. The molecule has 1 atom stereocenters. The van der Waals surface area contributed by atoms with Gasteiger partial charge in [-0.05, 0) is 32.4 Å². The summed E-state index contributed by atoms with van der Waals surface area (Å²) in [4.78, 5) is 17.8. The Hall–Kier alpha value is -2.18. The minimum atomic E-state index is -0.0621. The number of hydrogen-bond donors (Lipinski definition) is 2. The highest BCUT2D eigenvalue weighted by Crippen LogP contribution is 2.16. The van der Waals surface area contributed by atoms with Gasteiger partial charge in [-0.1, -0.05) is 30.3 Å². The fraction of sp³-hybridized carbons (Fsp3) is 0.333. The maximum Gasteiger partial charge on any atom is 0.270 e. The number of aryl methyl sites for hydroxylation is 1. The highest BCUT2D eigenvalue weighted by Gasteiger charge is 2.17. The number of amides is 1. The number of imidazole rings is 1. The molecular formula is C18H22N4OS. The molecule has 0 radical (unpaired) electrons. The normalized spacial score (nSPS) is 12.4. The molecule has 3 aromatic rings. The zero-order chi connectivity index (χ0) is 16.9. The number of rotatable bonds is 7. The quantitative estimate of drug-likeness (QED) is 0.694. The van der Waals surface area contributed by atoms with E-state index in [1.165, 1.54) is 16.9 Å². The van der Waals surface area contributed by atoms with Crippen LogP contribution < -0.4 is 10.6 Å². The van der Waals surface area contributed by atoms with E-state index < -0.39 is 0 Å². The zero-order valence-electron chi connectivity index (χ0n) is 14.0. The molecule has 1 amide bonds. The summed E-state index contributed by atoms with van der Waals surface area (Å²) in [5.41, 5.74) is 2.71. The predicted molar refractivity (Wildman–Crippen MR) is 97.7 cm³/mol. The molecule has 126 valence electrons. The summed E-state index contributed by atoms with van der Waals surface area (Å²) in [6, 6.07) is 10.7. The molecule has 3 rings (SSSR count). The fourth-order valence-corrected chi connectivity index (χ4v) is 3.62. The van der Waals surface area contributed by atoms with Crippen LogP contribution in [0.3, 0.4) is 0 Å². The molecule has 0 saturated heterocycles. The lowest BCUT2D eigenvalue weighted by Crippen LogP contribution is -2.34. The lowest BCUT2D eigenvalue weighted by Gasteiger charge is -2.16. The highest BCUT2D eigenvalue weighted by atomic mass is 32.1. The van der Waals surface area contributed by atoms with E-state index in [2.05, 4.69) is 39.9 Å². The standard InChI is InChI=1S/C18H22N4OS/c1-13-16(22-10-11-24-18(22)21-13)17(23)20-9-8-15(19-2)12-14-6-4-3-5-7-14/h3-7,10-11,15,19H,8-9,12H2,1-2H3,(H,20,23)/t15-/m1/s1. The third-order valence-corrected chi connectivity index (χ3v) is 4.92. The average Bonchev–Trinajstić information content (AvgIpc) is 3.14. The number of carbonyl (C=O) groups is 1. The number of nitrogens with one attached hydrogen (secondary N) is 2. The minimum absolute atomic E-state index is 0.0621. The van der Waals surface area contributed by atoms with Crippen LogP contribution in [-0.4, -0.2) is 34.9 Å². The molecule has 0 unspecified atom stereocenters. The Morgan fingerprint density at radius 1 is 1.33 bits per heavy atom. The van der Waals surface area contributed by atoms with Crippen molar-refractivity contribution in [3.05, 3.63) is 58.9 Å². The van der Waals surface area contributed by atoms with Crippen molar-refractivity contribution >= 4 is 22.2 Å².